The number of Topliss-reactive ketones (excluding diaryl/α,β-unsaturated/α-hetero) is 1. The fraction of sp³-hybridized carbons (Fsp3) is 0.382. The van der Waals surface area contributed by atoms with Crippen molar-refractivity contribution in [1.29, 1.82) is 0 Å². The second kappa shape index (κ2) is 12.5. The molecule has 2 atom stereocenters. The number of esters is 1. The predicted octanol–water partition coefficient (Wildman–Crippen LogP) is 4.35. The normalized spacial score (nSPS) is 24.0. The van der Waals surface area contributed by atoms with Crippen molar-refractivity contribution in [2.75, 3.05) is 57.8 Å². The summed E-state index contributed by atoms with van der Waals surface area (Å²) in [7, 11) is 0. The van der Waals surface area contributed by atoms with E-state index in [-0.39, 0.29) is 23.8 Å². The van der Waals surface area contributed by atoms with Gasteiger partial charge in [-0.15, -0.1) is 0 Å². The number of para-hydroxylation sites is 1. The lowest BCUT2D eigenvalue weighted by atomic mass is 9.82. The van der Waals surface area contributed by atoms with Gasteiger partial charge in [-0.2, -0.15) is 0 Å². The molecular formula is C34H38N3O5+. The van der Waals surface area contributed by atoms with E-state index in [1.807, 2.05) is 60.7 Å². The van der Waals surface area contributed by atoms with Crippen molar-refractivity contribution in [2.45, 2.75) is 25.0 Å². The molecule has 0 aliphatic carbocycles. The number of piperidine rings is 3. The van der Waals surface area contributed by atoms with Gasteiger partial charge in [-0.25, -0.2) is 4.79 Å². The summed E-state index contributed by atoms with van der Waals surface area (Å²) in [5.74, 6) is 0.0349. The molecule has 8 nitrogen and oxygen atoms in total. The fourth-order valence-corrected chi connectivity index (χ4v) is 6.56. The number of fused-ring (bicyclic) bond motifs is 3. The second-order valence-electron chi connectivity index (χ2n) is 11.7. The first-order chi connectivity index (χ1) is 20.5. The monoisotopic (exact) mass is 568 g/mol. The molecule has 0 aromatic heterocycles. The molecule has 1 N–H and O–H groups in total. The SMILES string of the molecule is O=C(C[N+]12CCC(CC1)[C@@H](OC(=O)C(Nc1ccccc1)c1ccccc1)C2)c1ccc(C(=O)N2CCOCC2)cc1. The number of anilines is 1. The number of nitrogens with zero attached hydrogens (tertiary/aromatic N) is 2. The maximum Gasteiger partial charge on any atom is 0.333 e. The number of carbonyl (C=O) groups excluding carboxylic acids is 3. The van der Waals surface area contributed by atoms with E-state index in [1.54, 1.807) is 29.2 Å². The number of benzene rings is 3. The quantitative estimate of drug-likeness (QED) is 0.235. The van der Waals surface area contributed by atoms with Gasteiger partial charge < -0.3 is 24.2 Å². The van der Waals surface area contributed by atoms with Crippen LogP contribution in [0.1, 0.15) is 45.2 Å². The average Bonchev–Trinajstić information content (AvgIpc) is 3.05. The van der Waals surface area contributed by atoms with Crippen molar-refractivity contribution in [3.8, 4) is 0 Å². The molecule has 2 bridgehead atoms. The summed E-state index contributed by atoms with van der Waals surface area (Å²) in [6, 6.07) is 25.7. The molecule has 4 heterocycles. The Bertz CT molecular complexity index is 1380. The van der Waals surface area contributed by atoms with Gasteiger partial charge in [0.1, 0.15) is 13.1 Å². The van der Waals surface area contributed by atoms with E-state index in [4.69, 9.17) is 9.47 Å². The van der Waals surface area contributed by atoms with E-state index in [9.17, 15) is 14.4 Å². The Morgan fingerprint density at radius 3 is 2.14 bits per heavy atom. The van der Waals surface area contributed by atoms with Gasteiger partial charge in [-0.1, -0.05) is 60.7 Å². The number of quaternary nitrogens is 1. The average molecular weight is 569 g/mol. The molecule has 0 spiro atoms. The highest BCUT2D eigenvalue weighted by atomic mass is 16.5. The molecule has 218 valence electrons. The number of hydrogen-bond donors (Lipinski definition) is 1. The summed E-state index contributed by atoms with van der Waals surface area (Å²) < 4.78 is 12.2. The van der Waals surface area contributed by atoms with Crippen LogP contribution < -0.4 is 5.32 Å². The highest BCUT2D eigenvalue weighted by Gasteiger charge is 2.49. The summed E-state index contributed by atoms with van der Waals surface area (Å²) >= 11 is 0. The van der Waals surface area contributed by atoms with Gasteiger partial charge in [0.2, 0.25) is 5.78 Å². The van der Waals surface area contributed by atoms with Gasteiger partial charge in [-0.3, -0.25) is 9.59 Å². The van der Waals surface area contributed by atoms with Crippen molar-refractivity contribution in [1.82, 2.24) is 4.90 Å². The van der Waals surface area contributed by atoms with E-state index in [0.29, 0.717) is 60.9 Å². The van der Waals surface area contributed by atoms with E-state index in [0.717, 1.165) is 37.2 Å². The maximum absolute atomic E-state index is 13.6. The summed E-state index contributed by atoms with van der Waals surface area (Å²) in [6.07, 6.45) is 1.63. The Labute approximate surface area is 246 Å². The summed E-state index contributed by atoms with van der Waals surface area (Å²) in [5, 5.41) is 3.36. The van der Waals surface area contributed by atoms with Gasteiger partial charge in [0.25, 0.3) is 5.91 Å². The number of nitrogens with one attached hydrogen (secondary N) is 1. The van der Waals surface area contributed by atoms with Crippen LogP contribution in [0.25, 0.3) is 0 Å². The van der Waals surface area contributed by atoms with Crippen LogP contribution in [0, 0.1) is 5.92 Å². The summed E-state index contributed by atoms with van der Waals surface area (Å²) in [5.41, 5.74) is 2.90. The molecule has 4 aliphatic rings. The molecule has 8 heteroatoms. The fourth-order valence-electron chi connectivity index (χ4n) is 6.56. The predicted molar refractivity (Wildman–Crippen MR) is 159 cm³/mol. The van der Waals surface area contributed by atoms with E-state index in [1.165, 1.54) is 0 Å². The van der Waals surface area contributed by atoms with Gasteiger partial charge in [-0.05, 0) is 29.8 Å². The van der Waals surface area contributed by atoms with E-state index < -0.39 is 6.04 Å². The van der Waals surface area contributed by atoms with Crippen LogP contribution in [0.3, 0.4) is 0 Å². The lowest BCUT2D eigenvalue weighted by Crippen LogP contribution is -2.65. The number of amides is 1. The molecule has 1 amide bonds. The van der Waals surface area contributed by atoms with Gasteiger partial charge in [0.15, 0.2) is 12.1 Å². The van der Waals surface area contributed by atoms with Crippen molar-refractivity contribution < 1.29 is 28.3 Å². The van der Waals surface area contributed by atoms with Crippen molar-refractivity contribution in [2.24, 2.45) is 5.92 Å². The molecule has 4 aliphatic heterocycles. The summed E-state index contributed by atoms with van der Waals surface area (Å²) in [4.78, 5) is 41.7. The van der Waals surface area contributed by atoms with Crippen molar-refractivity contribution in [3.63, 3.8) is 0 Å². The van der Waals surface area contributed by atoms with Crippen LogP contribution in [0.2, 0.25) is 0 Å². The first kappa shape index (κ1) is 28.1. The Balaban J connectivity index is 1.11. The Morgan fingerprint density at radius 2 is 1.48 bits per heavy atom. The van der Waals surface area contributed by atoms with Crippen molar-refractivity contribution >= 4 is 23.3 Å². The van der Waals surface area contributed by atoms with Gasteiger partial charge >= 0.3 is 5.97 Å². The minimum atomic E-state index is -0.627. The van der Waals surface area contributed by atoms with E-state index in [2.05, 4.69) is 5.32 Å². The highest BCUT2D eigenvalue weighted by Crippen LogP contribution is 2.37. The largest absolute Gasteiger partial charge is 0.454 e. The Hall–Kier alpha value is -4.01. The molecule has 3 aromatic carbocycles. The Morgan fingerprint density at radius 1 is 0.857 bits per heavy atom. The molecular weight excluding hydrogens is 530 g/mol. The van der Waals surface area contributed by atoms with Crippen LogP contribution in [0.5, 0.6) is 0 Å². The number of morpholine rings is 1. The van der Waals surface area contributed by atoms with Gasteiger partial charge in [0.05, 0.1) is 26.3 Å². The van der Waals surface area contributed by atoms with Crippen molar-refractivity contribution in [3.05, 3.63) is 102 Å². The topological polar surface area (TPSA) is 84.9 Å². The molecule has 4 saturated heterocycles. The number of rotatable bonds is 9. The lowest BCUT2D eigenvalue weighted by Gasteiger charge is -2.51. The van der Waals surface area contributed by atoms with Crippen LogP contribution in [-0.4, -0.2) is 85.6 Å². The number of carbonyl (C=O) groups is 3. The zero-order valence-electron chi connectivity index (χ0n) is 23.8. The third-order valence-corrected chi connectivity index (χ3v) is 8.99. The minimum Gasteiger partial charge on any atom is -0.454 e. The minimum absolute atomic E-state index is 0.0301. The Kier molecular flexibility index (Phi) is 8.35. The third-order valence-electron chi connectivity index (χ3n) is 8.99. The third kappa shape index (κ3) is 6.25. The molecule has 0 radical (unpaired) electrons. The second-order valence-corrected chi connectivity index (χ2v) is 11.7. The molecule has 3 aromatic rings. The first-order valence-electron chi connectivity index (χ1n) is 14.9. The first-order valence-corrected chi connectivity index (χ1v) is 14.9. The van der Waals surface area contributed by atoms with Crippen LogP contribution in [-0.2, 0) is 14.3 Å². The lowest BCUT2D eigenvalue weighted by molar-refractivity contribution is -0.938. The smallest absolute Gasteiger partial charge is 0.333 e. The maximum atomic E-state index is 13.6. The van der Waals surface area contributed by atoms with Gasteiger partial charge in [0, 0.05) is 48.7 Å². The standard InChI is InChI=1S/C34H38N3O5/c38-30(25-11-13-28(14-12-25)33(39)36-17-21-41-22-18-36)23-37-19-15-26(16-20-37)31(24-37)42-34(40)32(27-7-3-1-4-8-27)35-29-9-5-2-6-10-29/h1-14,26,31-32,35H,15-24H2/q+1/t26?,31-,32?,37?/m0/s1. The zero-order valence-corrected chi connectivity index (χ0v) is 23.8. The number of ketones is 1. The number of hydrogen-bond acceptors (Lipinski definition) is 6. The highest BCUT2D eigenvalue weighted by molar-refractivity contribution is 5.99. The molecule has 4 fully saturated rings. The molecule has 42 heavy (non-hydrogen) atoms. The zero-order chi connectivity index (χ0) is 28.9. The van der Waals surface area contributed by atoms with Crippen LogP contribution >= 0.6 is 0 Å². The molecule has 0 saturated carbocycles. The molecule has 7 rings (SSSR count). The molecule has 1 unspecified atom stereocenters. The van der Waals surface area contributed by atoms with E-state index >= 15 is 0 Å². The van der Waals surface area contributed by atoms with Crippen LogP contribution in [0.15, 0.2) is 84.9 Å². The number of ether oxygens (including phenoxy) is 2. The summed E-state index contributed by atoms with van der Waals surface area (Å²) in [6.45, 7) is 5.09. The van der Waals surface area contributed by atoms with Crippen LogP contribution in [0.4, 0.5) is 5.69 Å².